The first-order valence-corrected chi connectivity index (χ1v) is 7.79. The quantitative estimate of drug-likeness (QED) is 0.623. The van der Waals surface area contributed by atoms with Gasteiger partial charge < -0.3 is 15.8 Å². The molecule has 1 saturated carbocycles. The van der Waals surface area contributed by atoms with Crippen molar-refractivity contribution in [3.8, 4) is 5.88 Å². The molecule has 1 aliphatic carbocycles. The normalized spacial score (nSPS) is 16.4. The van der Waals surface area contributed by atoms with Crippen molar-refractivity contribution in [1.29, 1.82) is 0 Å². The minimum absolute atomic E-state index is 0.305. The number of hydrogen-bond donors (Lipinski definition) is 2. The standard InChI is InChI=1S/C16H26N4O/c1-12(2)10-19-16(17)20-11-13-6-5-9-18-15(13)21-14-7-3-4-8-14/h5-6,9,12,14H,3-4,7-8,10-11H2,1-2H3,(H3,17,19,20). The Hall–Kier alpha value is -1.78. The molecule has 1 fully saturated rings. The lowest BCUT2D eigenvalue weighted by atomic mass is 10.2. The third kappa shape index (κ3) is 5.25. The van der Waals surface area contributed by atoms with Crippen molar-refractivity contribution in [3.63, 3.8) is 0 Å². The molecule has 0 spiro atoms. The summed E-state index contributed by atoms with van der Waals surface area (Å²) >= 11 is 0. The predicted molar refractivity (Wildman–Crippen MR) is 85.3 cm³/mol. The number of nitrogens with one attached hydrogen (secondary N) is 1. The van der Waals surface area contributed by atoms with Gasteiger partial charge in [-0.2, -0.15) is 0 Å². The monoisotopic (exact) mass is 290 g/mol. The van der Waals surface area contributed by atoms with Crippen LogP contribution < -0.4 is 15.8 Å². The number of nitrogens with two attached hydrogens (primary N) is 1. The molecule has 1 aliphatic rings. The lowest BCUT2D eigenvalue weighted by Gasteiger charge is -2.14. The van der Waals surface area contributed by atoms with Crippen LogP contribution in [0.2, 0.25) is 0 Å². The molecule has 0 radical (unpaired) electrons. The van der Waals surface area contributed by atoms with E-state index in [1.54, 1.807) is 6.20 Å². The molecule has 21 heavy (non-hydrogen) atoms. The topological polar surface area (TPSA) is 72.5 Å². The van der Waals surface area contributed by atoms with Crippen LogP contribution in [0.1, 0.15) is 45.1 Å². The number of pyridine rings is 1. The van der Waals surface area contributed by atoms with Crippen molar-refractivity contribution in [3.05, 3.63) is 23.9 Å². The first-order chi connectivity index (χ1) is 10.1. The van der Waals surface area contributed by atoms with Crippen LogP contribution in [-0.4, -0.2) is 23.6 Å². The van der Waals surface area contributed by atoms with E-state index in [0.29, 0.717) is 30.4 Å². The van der Waals surface area contributed by atoms with Crippen LogP contribution in [0.25, 0.3) is 0 Å². The van der Waals surface area contributed by atoms with Gasteiger partial charge in [0.1, 0.15) is 6.10 Å². The number of ether oxygens (including phenoxy) is 1. The Balaban J connectivity index is 1.94. The Morgan fingerprint density at radius 3 is 2.95 bits per heavy atom. The molecule has 0 saturated heterocycles. The fourth-order valence-corrected chi connectivity index (χ4v) is 2.35. The number of nitrogens with zero attached hydrogens (tertiary/aromatic N) is 2. The average molecular weight is 290 g/mol. The third-order valence-corrected chi connectivity index (χ3v) is 3.54. The van der Waals surface area contributed by atoms with E-state index in [0.717, 1.165) is 24.9 Å². The molecule has 0 amide bonds. The summed E-state index contributed by atoms with van der Waals surface area (Å²) in [5.41, 5.74) is 6.85. The first kappa shape index (κ1) is 15.6. The van der Waals surface area contributed by atoms with Crippen LogP contribution in [0.5, 0.6) is 5.88 Å². The summed E-state index contributed by atoms with van der Waals surface area (Å²) in [4.78, 5) is 8.71. The van der Waals surface area contributed by atoms with Crippen molar-refractivity contribution in [2.24, 2.45) is 16.6 Å². The van der Waals surface area contributed by atoms with Gasteiger partial charge in [0.15, 0.2) is 5.96 Å². The number of aromatic nitrogens is 1. The Labute approximate surface area is 127 Å². The first-order valence-electron chi connectivity index (χ1n) is 7.79. The molecule has 116 valence electrons. The van der Waals surface area contributed by atoms with E-state index in [2.05, 4.69) is 29.1 Å². The summed E-state index contributed by atoms with van der Waals surface area (Å²) in [6.45, 7) is 5.59. The molecule has 1 aromatic heterocycles. The van der Waals surface area contributed by atoms with Crippen LogP contribution in [0, 0.1) is 5.92 Å². The molecular weight excluding hydrogens is 264 g/mol. The molecule has 1 aromatic rings. The number of rotatable bonds is 6. The molecule has 0 aromatic carbocycles. The maximum Gasteiger partial charge on any atom is 0.218 e. The molecule has 5 heteroatoms. The molecule has 0 bridgehead atoms. The highest BCUT2D eigenvalue weighted by Gasteiger charge is 2.18. The molecule has 3 N–H and O–H groups in total. The zero-order valence-electron chi connectivity index (χ0n) is 13.0. The zero-order valence-corrected chi connectivity index (χ0v) is 13.0. The van der Waals surface area contributed by atoms with Crippen LogP contribution in [-0.2, 0) is 6.54 Å². The highest BCUT2D eigenvalue weighted by molar-refractivity contribution is 5.77. The van der Waals surface area contributed by atoms with E-state index in [9.17, 15) is 0 Å². The Kier molecular flexibility index (Phi) is 5.84. The zero-order chi connectivity index (χ0) is 15.1. The molecular formula is C16H26N4O. The van der Waals surface area contributed by atoms with Gasteiger partial charge in [-0.25, -0.2) is 9.98 Å². The van der Waals surface area contributed by atoms with Gasteiger partial charge in [0.2, 0.25) is 5.88 Å². The summed E-state index contributed by atoms with van der Waals surface area (Å²) in [5, 5.41) is 3.11. The van der Waals surface area contributed by atoms with Gasteiger partial charge in [-0.05, 0) is 37.7 Å². The van der Waals surface area contributed by atoms with E-state index < -0.39 is 0 Å². The second-order valence-corrected chi connectivity index (χ2v) is 5.97. The lowest BCUT2D eigenvalue weighted by Crippen LogP contribution is -2.34. The van der Waals surface area contributed by atoms with Gasteiger partial charge in [0.05, 0.1) is 6.54 Å². The van der Waals surface area contributed by atoms with Crippen LogP contribution >= 0.6 is 0 Å². The number of guanidine groups is 1. The Morgan fingerprint density at radius 2 is 2.24 bits per heavy atom. The maximum absolute atomic E-state index is 6.00. The molecule has 2 rings (SSSR count). The number of hydrogen-bond acceptors (Lipinski definition) is 3. The van der Waals surface area contributed by atoms with Gasteiger partial charge in [0, 0.05) is 18.3 Å². The van der Waals surface area contributed by atoms with Gasteiger partial charge in [-0.15, -0.1) is 0 Å². The van der Waals surface area contributed by atoms with Crippen molar-refractivity contribution in [2.75, 3.05) is 6.54 Å². The van der Waals surface area contributed by atoms with Crippen molar-refractivity contribution < 1.29 is 4.74 Å². The summed E-state index contributed by atoms with van der Waals surface area (Å²) in [6, 6.07) is 3.90. The van der Waals surface area contributed by atoms with Gasteiger partial charge in [0.25, 0.3) is 0 Å². The minimum Gasteiger partial charge on any atom is -0.474 e. The van der Waals surface area contributed by atoms with Crippen LogP contribution in [0.4, 0.5) is 0 Å². The average Bonchev–Trinajstić information content (AvgIpc) is 2.97. The summed E-state index contributed by atoms with van der Waals surface area (Å²) in [7, 11) is 0. The van der Waals surface area contributed by atoms with Crippen LogP contribution in [0.3, 0.4) is 0 Å². The SMILES string of the molecule is CC(C)CNC(N)=NCc1cccnc1OC1CCCC1. The minimum atomic E-state index is 0.305. The van der Waals surface area contributed by atoms with Gasteiger partial charge >= 0.3 is 0 Å². The number of aliphatic imine (C=N–C) groups is 1. The van der Waals surface area contributed by atoms with E-state index in [-0.39, 0.29) is 0 Å². The van der Waals surface area contributed by atoms with Gasteiger partial charge in [-0.1, -0.05) is 19.9 Å². The van der Waals surface area contributed by atoms with Crippen molar-refractivity contribution >= 4 is 5.96 Å². The smallest absolute Gasteiger partial charge is 0.218 e. The second-order valence-electron chi connectivity index (χ2n) is 5.97. The highest BCUT2D eigenvalue weighted by atomic mass is 16.5. The van der Waals surface area contributed by atoms with Gasteiger partial charge in [-0.3, -0.25) is 0 Å². The third-order valence-electron chi connectivity index (χ3n) is 3.54. The molecule has 0 unspecified atom stereocenters. The molecule has 0 atom stereocenters. The highest BCUT2D eigenvalue weighted by Crippen LogP contribution is 2.25. The maximum atomic E-state index is 6.00. The van der Waals surface area contributed by atoms with Crippen molar-refractivity contribution in [1.82, 2.24) is 10.3 Å². The molecule has 1 heterocycles. The lowest BCUT2D eigenvalue weighted by molar-refractivity contribution is 0.199. The van der Waals surface area contributed by atoms with Crippen LogP contribution in [0.15, 0.2) is 23.3 Å². The summed E-state index contributed by atoms with van der Waals surface area (Å²) in [6.07, 6.45) is 6.81. The Bertz CT molecular complexity index is 467. The van der Waals surface area contributed by atoms with E-state index in [1.807, 2.05) is 12.1 Å². The largest absolute Gasteiger partial charge is 0.474 e. The second kappa shape index (κ2) is 7.86. The Morgan fingerprint density at radius 1 is 1.48 bits per heavy atom. The summed E-state index contributed by atoms with van der Waals surface area (Å²) in [5.74, 6) is 1.71. The summed E-state index contributed by atoms with van der Waals surface area (Å²) < 4.78 is 6.00. The fourth-order valence-electron chi connectivity index (χ4n) is 2.35. The van der Waals surface area contributed by atoms with E-state index in [1.165, 1.54) is 12.8 Å². The predicted octanol–water partition coefficient (Wildman–Crippen LogP) is 2.46. The fraction of sp³-hybridized carbons (Fsp3) is 0.625. The van der Waals surface area contributed by atoms with Crippen molar-refractivity contribution in [2.45, 2.75) is 52.2 Å². The molecule has 5 nitrogen and oxygen atoms in total. The van der Waals surface area contributed by atoms with E-state index in [4.69, 9.17) is 10.5 Å². The molecule has 0 aliphatic heterocycles. The van der Waals surface area contributed by atoms with E-state index >= 15 is 0 Å².